The van der Waals surface area contributed by atoms with Gasteiger partial charge in [0.25, 0.3) is 11.8 Å². The highest BCUT2D eigenvalue weighted by Gasteiger charge is 2.51. The van der Waals surface area contributed by atoms with Crippen LogP contribution in [0, 0.1) is 0 Å². The Bertz CT molecular complexity index is 1240. The summed E-state index contributed by atoms with van der Waals surface area (Å²) in [5.41, 5.74) is 1.71. The predicted octanol–water partition coefficient (Wildman–Crippen LogP) is 2.93. The summed E-state index contributed by atoms with van der Waals surface area (Å²) in [6.45, 7) is 0.645. The Labute approximate surface area is 185 Å². The molecule has 2 heterocycles. The lowest BCUT2D eigenvalue weighted by Crippen LogP contribution is -2.45. The first-order valence-corrected chi connectivity index (χ1v) is 10.3. The number of hydrogen-bond acceptors (Lipinski definition) is 5. The molecular weight excluding hydrogens is 406 g/mol. The van der Waals surface area contributed by atoms with Gasteiger partial charge < -0.3 is 20.1 Å². The quantitative estimate of drug-likeness (QED) is 0.667. The minimum atomic E-state index is -1.75. The molecule has 1 atom stereocenters. The first-order valence-electron chi connectivity index (χ1n) is 10.3. The molecular formula is C25H23N3O4. The van der Waals surface area contributed by atoms with Gasteiger partial charge in [0.2, 0.25) is 0 Å². The van der Waals surface area contributed by atoms with E-state index < -0.39 is 5.72 Å². The van der Waals surface area contributed by atoms with Crippen molar-refractivity contribution in [3.05, 3.63) is 89.0 Å². The zero-order chi connectivity index (χ0) is 22.5. The first-order chi connectivity index (χ1) is 15.4. The maximum absolute atomic E-state index is 13.5. The number of anilines is 2. The van der Waals surface area contributed by atoms with Crippen LogP contribution in [0.3, 0.4) is 0 Å². The molecule has 0 spiro atoms. The summed E-state index contributed by atoms with van der Waals surface area (Å²) >= 11 is 0. The van der Waals surface area contributed by atoms with Crippen LogP contribution in [0.2, 0.25) is 0 Å². The van der Waals surface area contributed by atoms with Crippen LogP contribution < -0.4 is 15.0 Å². The highest BCUT2D eigenvalue weighted by Crippen LogP contribution is 2.46. The van der Waals surface area contributed by atoms with Gasteiger partial charge >= 0.3 is 0 Å². The van der Waals surface area contributed by atoms with Gasteiger partial charge in [-0.25, -0.2) is 0 Å². The highest BCUT2D eigenvalue weighted by atomic mass is 16.5. The predicted molar refractivity (Wildman–Crippen MR) is 121 cm³/mol. The second-order valence-electron chi connectivity index (χ2n) is 8.31. The Morgan fingerprint density at radius 3 is 2.69 bits per heavy atom. The Kier molecular flexibility index (Phi) is 4.73. The van der Waals surface area contributed by atoms with Crippen molar-refractivity contribution in [3.8, 4) is 5.75 Å². The maximum Gasteiger partial charge on any atom is 0.262 e. The van der Waals surface area contributed by atoms with Gasteiger partial charge in [-0.05, 0) is 56.1 Å². The number of benzene rings is 3. The van der Waals surface area contributed by atoms with Crippen molar-refractivity contribution in [3.63, 3.8) is 0 Å². The van der Waals surface area contributed by atoms with Crippen molar-refractivity contribution in [2.24, 2.45) is 0 Å². The van der Waals surface area contributed by atoms with Gasteiger partial charge in [-0.1, -0.05) is 30.3 Å². The molecule has 3 aromatic carbocycles. The summed E-state index contributed by atoms with van der Waals surface area (Å²) < 4.78 is 5.46. The van der Waals surface area contributed by atoms with Crippen LogP contribution in [-0.2, 0) is 17.1 Å². The molecule has 2 N–H and O–H groups in total. The van der Waals surface area contributed by atoms with Crippen molar-refractivity contribution in [1.82, 2.24) is 4.90 Å². The van der Waals surface area contributed by atoms with Crippen LogP contribution in [0.25, 0.3) is 0 Å². The minimum Gasteiger partial charge on any atom is -0.482 e. The van der Waals surface area contributed by atoms with E-state index in [9.17, 15) is 14.7 Å². The molecule has 2 aliphatic rings. The molecule has 0 fully saturated rings. The Hall–Kier alpha value is -3.68. The van der Waals surface area contributed by atoms with Crippen LogP contribution >= 0.6 is 0 Å². The van der Waals surface area contributed by atoms with E-state index in [-0.39, 0.29) is 18.4 Å². The van der Waals surface area contributed by atoms with E-state index >= 15 is 0 Å². The van der Waals surface area contributed by atoms with Crippen LogP contribution in [0.5, 0.6) is 5.75 Å². The topological polar surface area (TPSA) is 82.1 Å². The van der Waals surface area contributed by atoms with Crippen molar-refractivity contribution < 1.29 is 19.4 Å². The zero-order valence-electron chi connectivity index (χ0n) is 17.8. The first kappa shape index (κ1) is 20.2. The van der Waals surface area contributed by atoms with E-state index in [1.807, 2.05) is 43.3 Å². The monoisotopic (exact) mass is 429 g/mol. The molecule has 0 aliphatic carbocycles. The van der Waals surface area contributed by atoms with Gasteiger partial charge in [-0.3, -0.25) is 14.5 Å². The number of nitrogens with zero attached hydrogens (tertiary/aromatic N) is 2. The number of hydrogen-bond donors (Lipinski definition) is 2. The molecule has 0 aromatic heterocycles. The SMILES string of the molecule is CN(C)Cc1cccc(N2C(=O)c3ccccc3C2(O)c2ccc3c(c2)NC(=O)CO3)c1. The van der Waals surface area contributed by atoms with E-state index in [1.165, 1.54) is 4.90 Å². The van der Waals surface area contributed by atoms with E-state index in [1.54, 1.807) is 42.5 Å². The average Bonchev–Trinajstić information content (AvgIpc) is 3.01. The summed E-state index contributed by atoms with van der Waals surface area (Å²) in [5.74, 6) is -0.0324. The number of fused-ring (bicyclic) bond motifs is 2. The lowest BCUT2D eigenvalue weighted by atomic mass is 9.92. The fraction of sp³-hybridized carbons (Fsp3) is 0.200. The fourth-order valence-electron chi connectivity index (χ4n) is 4.41. The third-order valence-corrected chi connectivity index (χ3v) is 5.74. The van der Waals surface area contributed by atoms with Gasteiger partial charge in [0.15, 0.2) is 12.3 Å². The standard InChI is InChI=1S/C25H23N3O4/c1-27(2)14-16-6-5-7-18(12-16)28-24(30)19-8-3-4-9-20(19)25(28,31)17-10-11-22-21(13-17)26-23(29)15-32-22/h3-13,31H,14-15H2,1-2H3,(H,26,29). The average molecular weight is 429 g/mol. The summed E-state index contributed by atoms with van der Waals surface area (Å²) in [6.07, 6.45) is 0. The largest absolute Gasteiger partial charge is 0.482 e. The Morgan fingerprint density at radius 1 is 1.06 bits per heavy atom. The molecule has 7 heteroatoms. The lowest BCUT2D eigenvalue weighted by molar-refractivity contribution is -0.118. The minimum absolute atomic E-state index is 0.0529. The summed E-state index contributed by atoms with van der Waals surface area (Å²) in [5, 5.41) is 15.0. The van der Waals surface area contributed by atoms with Gasteiger partial charge in [0.05, 0.1) is 5.69 Å². The van der Waals surface area contributed by atoms with Crippen molar-refractivity contribution in [1.29, 1.82) is 0 Å². The van der Waals surface area contributed by atoms with Crippen molar-refractivity contribution >= 4 is 23.2 Å². The number of ether oxygens (including phenoxy) is 1. The molecule has 32 heavy (non-hydrogen) atoms. The van der Waals surface area contributed by atoms with Crippen LogP contribution in [0.15, 0.2) is 66.7 Å². The summed E-state index contributed by atoms with van der Waals surface area (Å²) in [6, 6.07) is 19.7. The van der Waals surface area contributed by atoms with Gasteiger partial charge in [0.1, 0.15) is 5.75 Å². The molecule has 2 amide bonds. The summed E-state index contributed by atoms with van der Waals surface area (Å²) in [4.78, 5) is 28.8. The molecule has 5 rings (SSSR count). The molecule has 0 bridgehead atoms. The molecule has 3 aromatic rings. The molecule has 7 nitrogen and oxygen atoms in total. The van der Waals surface area contributed by atoms with Crippen LogP contribution in [0.4, 0.5) is 11.4 Å². The van der Waals surface area contributed by atoms with Gasteiger partial charge in [0, 0.05) is 28.9 Å². The fourth-order valence-corrected chi connectivity index (χ4v) is 4.41. The normalized spacial score (nSPS) is 19.4. The van der Waals surface area contributed by atoms with Gasteiger partial charge in [-0.15, -0.1) is 0 Å². The lowest BCUT2D eigenvalue weighted by Gasteiger charge is -2.35. The second-order valence-corrected chi connectivity index (χ2v) is 8.31. The zero-order valence-corrected chi connectivity index (χ0v) is 17.8. The van der Waals surface area contributed by atoms with E-state index in [0.29, 0.717) is 40.4 Å². The van der Waals surface area contributed by atoms with E-state index in [0.717, 1.165) is 5.56 Å². The number of rotatable bonds is 4. The Morgan fingerprint density at radius 2 is 1.88 bits per heavy atom. The third-order valence-electron chi connectivity index (χ3n) is 5.74. The van der Waals surface area contributed by atoms with Crippen molar-refractivity contribution in [2.75, 3.05) is 30.9 Å². The number of carbonyl (C=O) groups is 2. The molecule has 162 valence electrons. The molecule has 0 saturated carbocycles. The number of amides is 2. The van der Waals surface area contributed by atoms with E-state index in [2.05, 4.69) is 5.32 Å². The number of carbonyl (C=O) groups excluding carboxylic acids is 2. The number of nitrogens with one attached hydrogen (secondary N) is 1. The maximum atomic E-state index is 13.5. The molecule has 2 aliphatic heterocycles. The second kappa shape index (κ2) is 7.47. The Balaban J connectivity index is 1.68. The molecule has 0 radical (unpaired) electrons. The van der Waals surface area contributed by atoms with Crippen molar-refractivity contribution in [2.45, 2.75) is 12.3 Å². The number of aliphatic hydroxyl groups is 1. The molecule has 0 saturated heterocycles. The van der Waals surface area contributed by atoms with E-state index in [4.69, 9.17) is 4.74 Å². The van der Waals surface area contributed by atoms with Crippen LogP contribution in [-0.4, -0.2) is 42.5 Å². The smallest absolute Gasteiger partial charge is 0.262 e. The highest BCUT2D eigenvalue weighted by molar-refractivity contribution is 6.12. The molecule has 1 unspecified atom stereocenters. The van der Waals surface area contributed by atoms with Gasteiger partial charge in [-0.2, -0.15) is 0 Å². The van der Waals surface area contributed by atoms with Crippen LogP contribution in [0.1, 0.15) is 27.0 Å². The summed E-state index contributed by atoms with van der Waals surface area (Å²) in [7, 11) is 3.95. The third kappa shape index (κ3) is 3.14.